The molecule has 2 amide bonds. The molecule has 0 spiro atoms. The van der Waals surface area contributed by atoms with E-state index in [-0.39, 0.29) is 16.6 Å². The third kappa shape index (κ3) is 2.27. The fraction of sp³-hybridized carbons (Fsp3) is 0.385. The smallest absolute Gasteiger partial charge is 0.261 e. The van der Waals surface area contributed by atoms with Crippen LogP contribution in [0.25, 0.3) is 0 Å². The number of imide groups is 1. The van der Waals surface area contributed by atoms with Gasteiger partial charge in [0, 0.05) is 11.4 Å². The molecule has 1 aliphatic heterocycles. The maximum atomic E-state index is 12.0. The topological polar surface area (TPSA) is 37.4 Å². The predicted molar refractivity (Wildman–Crippen MR) is 69.4 cm³/mol. The average Bonchev–Trinajstić information content (AvgIpc) is 2.56. The van der Waals surface area contributed by atoms with Gasteiger partial charge in [0.25, 0.3) is 11.8 Å². The Morgan fingerprint density at radius 2 is 1.71 bits per heavy atom. The van der Waals surface area contributed by atoms with E-state index in [1.54, 1.807) is 24.3 Å². The zero-order valence-electron chi connectivity index (χ0n) is 9.65. The van der Waals surface area contributed by atoms with Crippen molar-refractivity contribution in [2.24, 2.45) is 0 Å². The molecular formula is C13H14BrNO2. The van der Waals surface area contributed by atoms with Crippen molar-refractivity contribution in [3.8, 4) is 0 Å². The SMILES string of the molecule is CCCC(Br)CN1C(=O)c2ccccc2C1=O. The van der Waals surface area contributed by atoms with Gasteiger partial charge in [0.05, 0.1) is 11.1 Å². The normalized spacial score (nSPS) is 16.2. The Morgan fingerprint density at radius 1 is 1.18 bits per heavy atom. The van der Waals surface area contributed by atoms with E-state index in [1.807, 2.05) is 0 Å². The van der Waals surface area contributed by atoms with Crippen LogP contribution in [0.15, 0.2) is 24.3 Å². The molecule has 0 aromatic heterocycles. The molecule has 1 aromatic carbocycles. The van der Waals surface area contributed by atoms with Gasteiger partial charge in [-0.15, -0.1) is 0 Å². The first-order valence-corrected chi connectivity index (χ1v) is 6.66. The van der Waals surface area contributed by atoms with Crippen LogP contribution in [0.4, 0.5) is 0 Å². The summed E-state index contributed by atoms with van der Waals surface area (Å²) in [5, 5.41) is 0. The monoisotopic (exact) mass is 295 g/mol. The Kier molecular flexibility index (Phi) is 3.62. The van der Waals surface area contributed by atoms with Crippen LogP contribution in [0, 0.1) is 0 Å². The van der Waals surface area contributed by atoms with Gasteiger partial charge >= 0.3 is 0 Å². The number of rotatable bonds is 4. The molecule has 0 fully saturated rings. The summed E-state index contributed by atoms with van der Waals surface area (Å²) in [6.45, 7) is 2.52. The van der Waals surface area contributed by atoms with Gasteiger partial charge in [-0.1, -0.05) is 41.4 Å². The van der Waals surface area contributed by atoms with Crippen LogP contribution < -0.4 is 0 Å². The number of carbonyl (C=O) groups excluding carboxylic acids is 2. The first-order valence-electron chi connectivity index (χ1n) is 5.74. The van der Waals surface area contributed by atoms with Gasteiger partial charge in [-0.05, 0) is 18.6 Å². The zero-order chi connectivity index (χ0) is 12.4. The molecule has 17 heavy (non-hydrogen) atoms. The van der Waals surface area contributed by atoms with Crippen molar-refractivity contribution in [1.82, 2.24) is 4.90 Å². The van der Waals surface area contributed by atoms with Gasteiger partial charge in [0.15, 0.2) is 0 Å². The van der Waals surface area contributed by atoms with Crippen LogP contribution in [0.2, 0.25) is 0 Å². The molecular weight excluding hydrogens is 282 g/mol. The van der Waals surface area contributed by atoms with Crippen LogP contribution in [0.1, 0.15) is 40.5 Å². The number of nitrogens with zero attached hydrogens (tertiary/aromatic N) is 1. The minimum absolute atomic E-state index is 0.175. The maximum absolute atomic E-state index is 12.0. The summed E-state index contributed by atoms with van der Waals surface area (Å²) in [6, 6.07) is 6.98. The van der Waals surface area contributed by atoms with Gasteiger partial charge in [0.2, 0.25) is 0 Å². The molecule has 0 saturated heterocycles. The summed E-state index contributed by atoms with van der Waals surface area (Å²) in [5.74, 6) is -0.350. The van der Waals surface area contributed by atoms with E-state index in [2.05, 4.69) is 22.9 Å². The number of benzene rings is 1. The third-order valence-corrected chi connectivity index (χ3v) is 3.61. The first kappa shape index (κ1) is 12.3. The van der Waals surface area contributed by atoms with E-state index in [0.717, 1.165) is 12.8 Å². The molecule has 2 rings (SSSR count). The number of halogens is 1. The fourth-order valence-electron chi connectivity index (χ4n) is 2.01. The standard InChI is InChI=1S/C13H14BrNO2/c1-2-5-9(14)8-15-12(16)10-6-3-4-7-11(10)13(15)17/h3-4,6-7,9H,2,5,8H2,1H3. The molecule has 1 aliphatic rings. The molecule has 3 nitrogen and oxygen atoms in total. The molecule has 1 unspecified atom stereocenters. The first-order chi connectivity index (χ1) is 8.15. The quantitative estimate of drug-likeness (QED) is 0.633. The minimum Gasteiger partial charge on any atom is -0.273 e. The van der Waals surface area contributed by atoms with Crippen LogP contribution >= 0.6 is 15.9 Å². The summed E-state index contributed by atoms with van der Waals surface area (Å²) in [5.41, 5.74) is 1.04. The molecule has 0 N–H and O–H groups in total. The van der Waals surface area contributed by atoms with Gasteiger partial charge in [0.1, 0.15) is 0 Å². The lowest BCUT2D eigenvalue weighted by atomic mass is 10.1. The second-order valence-electron chi connectivity index (χ2n) is 4.15. The largest absolute Gasteiger partial charge is 0.273 e. The van der Waals surface area contributed by atoms with E-state index >= 15 is 0 Å². The Hall–Kier alpha value is -1.16. The number of amides is 2. The molecule has 0 aliphatic carbocycles. The van der Waals surface area contributed by atoms with Gasteiger partial charge in [-0.2, -0.15) is 0 Å². The van der Waals surface area contributed by atoms with Crippen molar-refractivity contribution in [2.45, 2.75) is 24.6 Å². The third-order valence-electron chi connectivity index (χ3n) is 2.86. The Bertz CT molecular complexity index is 423. The molecule has 90 valence electrons. The Labute approximate surface area is 109 Å². The van der Waals surface area contributed by atoms with Crippen molar-refractivity contribution in [3.05, 3.63) is 35.4 Å². The Morgan fingerprint density at radius 3 is 2.18 bits per heavy atom. The zero-order valence-corrected chi connectivity index (χ0v) is 11.2. The van der Waals surface area contributed by atoms with Crippen LogP contribution in [-0.2, 0) is 0 Å². The summed E-state index contributed by atoms with van der Waals surface area (Å²) in [4.78, 5) is 25.6. The molecule has 0 bridgehead atoms. The van der Waals surface area contributed by atoms with Crippen LogP contribution in [0.3, 0.4) is 0 Å². The minimum atomic E-state index is -0.175. The highest BCUT2D eigenvalue weighted by molar-refractivity contribution is 9.09. The van der Waals surface area contributed by atoms with Crippen LogP contribution in [-0.4, -0.2) is 28.1 Å². The van der Waals surface area contributed by atoms with Crippen molar-refractivity contribution in [2.75, 3.05) is 6.54 Å². The maximum Gasteiger partial charge on any atom is 0.261 e. The van der Waals surface area contributed by atoms with Gasteiger partial charge in [-0.3, -0.25) is 14.5 Å². The van der Waals surface area contributed by atoms with Crippen LogP contribution in [0.5, 0.6) is 0 Å². The predicted octanol–water partition coefficient (Wildman–Crippen LogP) is 2.85. The molecule has 4 heteroatoms. The number of fused-ring (bicyclic) bond motifs is 1. The molecule has 1 aromatic rings. The molecule has 1 heterocycles. The number of hydrogen-bond acceptors (Lipinski definition) is 2. The highest BCUT2D eigenvalue weighted by Gasteiger charge is 2.35. The number of alkyl halides is 1. The van der Waals surface area contributed by atoms with Gasteiger partial charge in [-0.25, -0.2) is 0 Å². The van der Waals surface area contributed by atoms with Gasteiger partial charge < -0.3 is 0 Å². The van der Waals surface area contributed by atoms with Crippen molar-refractivity contribution < 1.29 is 9.59 Å². The number of hydrogen-bond donors (Lipinski definition) is 0. The molecule has 0 saturated carbocycles. The van der Waals surface area contributed by atoms with E-state index in [9.17, 15) is 9.59 Å². The van der Waals surface area contributed by atoms with E-state index in [1.165, 1.54) is 4.90 Å². The lowest BCUT2D eigenvalue weighted by molar-refractivity contribution is 0.0654. The summed E-state index contributed by atoms with van der Waals surface area (Å²) >= 11 is 3.50. The van der Waals surface area contributed by atoms with Crippen molar-refractivity contribution in [1.29, 1.82) is 0 Å². The second kappa shape index (κ2) is 5.00. The number of carbonyl (C=O) groups is 2. The average molecular weight is 296 g/mol. The highest BCUT2D eigenvalue weighted by atomic mass is 79.9. The highest BCUT2D eigenvalue weighted by Crippen LogP contribution is 2.24. The van der Waals surface area contributed by atoms with E-state index < -0.39 is 0 Å². The lowest BCUT2D eigenvalue weighted by Gasteiger charge is -2.17. The molecule has 0 radical (unpaired) electrons. The van der Waals surface area contributed by atoms with E-state index in [0.29, 0.717) is 17.7 Å². The summed E-state index contributed by atoms with van der Waals surface area (Å²) in [6.07, 6.45) is 1.98. The van der Waals surface area contributed by atoms with Crippen molar-refractivity contribution >= 4 is 27.7 Å². The lowest BCUT2D eigenvalue weighted by Crippen LogP contribution is -2.34. The fourth-order valence-corrected chi connectivity index (χ4v) is 2.75. The summed E-state index contributed by atoms with van der Waals surface area (Å²) in [7, 11) is 0. The second-order valence-corrected chi connectivity index (χ2v) is 5.45. The van der Waals surface area contributed by atoms with Crippen molar-refractivity contribution in [3.63, 3.8) is 0 Å². The summed E-state index contributed by atoms with van der Waals surface area (Å²) < 4.78 is 0. The van der Waals surface area contributed by atoms with E-state index in [4.69, 9.17) is 0 Å². The Balaban J connectivity index is 2.19. The molecule has 1 atom stereocenters.